The largest absolute Gasteiger partial charge is 0.493 e. The molecule has 1 saturated heterocycles. The van der Waals surface area contributed by atoms with Gasteiger partial charge in [-0.05, 0) is 62.7 Å². The van der Waals surface area contributed by atoms with E-state index in [1.807, 2.05) is 0 Å². The van der Waals surface area contributed by atoms with Crippen molar-refractivity contribution in [3.63, 3.8) is 0 Å². The molecule has 7 nitrogen and oxygen atoms in total. The fraction of sp³-hybridized carbons (Fsp3) is 0.375. The van der Waals surface area contributed by atoms with Crippen molar-refractivity contribution in [2.24, 2.45) is 0 Å². The van der Waals surface area contributed by atoms with Crippen LogP contribution in [-0.4, -0.2) is 55.5 Å². The number of Topliss-reactive ketones (excluding diaryl/α,β-unsaturated/α-hetero) is 1. The third kappa shape index (κ3) is 4.80. The molecule has 0 radical (unpaired) electrons. The van der Waals surface area contributed by atoms with Crippen LogP contribution in [0.25, 0.3) is 11.0 Å². The van der Waals surface area contributed by atoms with Crippen LogP contribution in [0.4, 0.5) is 4.39 Å². The molecule has 3 aromatic rings. The number of carbonyl (C=O) groups is 2. The fourth-order valence-corrected chi connectivity index (χ4v) is 4.13. The Morgan fingerprint density at radius 2 is 2.03 bits per heavy atom. The molecule has 4 rings (SSSR count). The number of carbonyl (C=O) groups excluding carboxylic acids is 2. The highest BCUT2D eigenvalue weighted by molar-refractivity contribution is 6.33. The Balaban J connectivity index is 1.24. The Kier molecular flexibility index (Phi) is 6.80. The van der Waals surface area contributed by atoms with E-state index in [-0.39, 0.29) is 17.7 Å². The van der Waals surface area contributed by atoms with Gasteiger partial charge in [0, 0.05) is 29.5 Å². The third-order valence-corrected chi connectivity index (χ3v) is 5.87. The summed E-state index contributed by atoms with van der Waals surface area (Å²) in [5.74, 6) is 0.372. The lowest BCUT2D eigenvalue weighted by molar-refractivity contribution is -0.104. The normalized spacial score (nSPS) is 15.1. The zero-order valence-corrected chi connectivity index (χ0v) is 17.9. The van der Waals surface area contributed by atoms with E-state index < -0.39 is 5.78 Å². The van der Waals surface area contributed by atoms with Crippen LogP contribution in [0.1, 0.15) is 41.2 Å². The van der Waals surface area contributed by atoms with Gasteiger partial charge in [-0.2, -0.15) is 0 Å². The van der Waals surface area contributed by atoms with Crippen LogP contribution in [0, 0.1) is 5.82 Å². The number of benzene rings is 2. The summed E-state index contributed by atoms with van der Waals surface area (Å²) in [6, 6.07) is 9.29. The van der Waals surface area contributed by atoms with Crippen molar-refractivity contribution < 1.29 is 28.0 Å². The molecule has 2 heterocycles. The predicted octanol–water partition coefficient (Wildman–Crippen LogP) is 4.01. The van der Waals surface area contributed by atoms with E-state index in [1.54, 1.807) is 18.2 Å². The van der Waals surface area contributed by atoms with E-state index in [2.05, 4.69) is 10.1 Å². The van der Waals surface area contributed by atoms with E-state index >= 15 is 0 Å². The van der Waals surface area contributed by atoms with Crippen LogP contribution in [-0.2, 0) is 4.79 Å². The first kappa shape index (κ1) is 22.0. The number of piperidine rings is 1. The molecule has 0 unspecified atom stereocenters. The standard InChI is InChI=1S/C24H25FN2O5/c1-30-23-13-17(20(29)15-28)3-6-21(23)31-12-2-9-27-10-7-16(8-11-27)24-19-5-4-18(25)14-22(19)32-26-24/h3-6,13-16H,2,7-12H2,1H3. The van der Waals surface area contributed by atoms with Gasteiger partial charge in [0.05, 0.1) is 19.4 Å². The molecular weight excluding hydrogens is 415 g/mol. The van der Waals surface area contributed by atoms with Crippen molar-refractivity contribution in [3.8, 4) is 11.5 Å². The average Bonchev–Trinajstić information content (AvgIpc) is 3.24. The molecule has 0 saturated carbocycles. The van der Waals surface area contributed by atoms with Crippen LogP contribution in [0.3, 0.4) is 0 Å². The second-order valence-corrected chi connectivity index (χ2v) is 7.87. The molecule has 0 spiro atoms. The minimum absolute atomic E-state index is 0.275. The zero-order chi connectivity index (χ0) is 22.5. The highest BCUT2D eigenvalue weighted by Gasteiger charge is 2.25. The van der Waals surface area contributed by atoms with Gasteiger partial charge in [-0.1, -0.05) is 5.16 Å². The third-order valence-electron chi connectivity index (χ3n) is 5.87. The molecule has 2 aromatic carbocycles. The van der Waals surface area contributed by atoms with Gasteiger partial charge < -0.3 is 18.9 Å². The van der Waals surface area contributed by atoms with Gasteiger partial charge in [0.25, 0.3) is 0 Å². The first-order valence-corrected chi connectivity index (χ1v) is 10.7. The number of halogens is 1. The van der Waals surface area contributed by atoms with Crippen molar-refractivity contribution >= 4 is 23.0 Å². The number of ether oxygens (including phenoxy) is 2. The van der Waals surface area contributed by atoms with Gasteiger partial charge >= 0.3 is 0 Å². The molecule has 1 aromatic heterocycles. The number of hydrogen-bond donors (Lipinski definition) is 0. The van der Waals surface area contributed by atoms with Crippen LogP contribution in [0.2, 0.25) is 0 Å². The van der Waals surface area contributed by atoms with Gasteiger partial charge in [0.2, 0.25) is 5.78 Å². The summed E-state index contributed by atoms with van der Waals surface area (Å²) in [6.45, 7) is 3.32. The topological polar surface area (TPSA) is 81.9 Å². The molecule has 32 heavy (non-hydrogen) atoms. The van der Waals surface area contributed by atoms with E-state index in [0.717, 1.165) is 50.0 Å². The van der Waals surface area contributed by atoms with Crippen molar-refractivity contribution in [2.75, 3.05) is 33.4 Å². The van der Waals surface area contributed by atoms with Crippen molar-refractivity contribution in [1.82, 2.24) is 10.1 Å². The average molecular weight is 440 g/mol. The van der Waals surface area contributed by atoms with Gasteiger partial charge in [-0.3, -0.25) is 9.59 Å². The molecule has 1 aliphatic heterocycles. The van der Waals surface area contributed by atoms with E-state index in [0.29, 0.717) is 29.6 Å². The number of aldehydes is 1. The number of likely N-dealkylation sites (tertiary alicyclic amines) is 1. The SMILES string of the molecule is COc1cc(C(=O)C=O)ccc1OCCCN1CCC(c2noc3cc(F)ccc23)CC1. The number of nitrogens with zero attached hydrogens (tertiary/aromatic N) is 2. The lowest BCUT2D eigenvalue weighted by atomic mass is 9.91. The number of aromatic nitrogens is 1. The molecule has 168 valence electrons. The van der Waals surface area contributed by atoms with Gasteiger partial charge in [-0.15, -0.1) is 0 Å². The van der Waals surface area contributed by atoms with Crippen molar-refractivity contribution in [3.05, 3.63) is 53.5 Å². The maximum atomic E-state index is 13.4. The molecule has 0 aliphatic carbocycles. The lowest BCUT2D eigenvalue weighted by Crippen LogP contribution is -2.34. The summed E-state index contributed by atoms with van der Waals surface area (Å²) in [5.41, 5.74) is 1.70. The van der Waals surface area contributed by atoms with Gasteiger partial charge in [-0.25, -0.2) is 4.39 Å². The van der Waals surface area contributed by atoms with Gasteiger partial charge in [0.1, 0.15) is 5.82 Å². The predicted molar refractivity (Wildman–Crippen MR) is 116 cm³/mol. The van der Waals surface area contributed by atoms with E-state index in [4.69, 9.17) is 14.0 Å². The number of ketones is 1. The molecule has 8 heteroatoms. The highest BCUT2D eigenvalue weighted by Crippen LogP contribution is 2.33. The zero-order valence-electron chi connectivity index (χ0n) is 17.9. The Morgan fingerprint density at radius 3 is 2.78 bits per heavy atom. The number of rotatable bonds is 9. The van der Waals surface area contributed by atoms with E-state index in [1.165, 1.54) is 25.3 Å². The fourth-order valence-electron chi connectivity index (χ4n) is 4.13. The van der Waals surface area contributed by atoms with Crippen LogP contribution in [0.5, 0.6) is 11.5 Å². The summed E-state index contributed by atoms with van der Waals surface area (Å²) >= 11 is 0. The number of methoxy groups -OCH3 is 1. The molecule has 0 N–H and O–H groups in total. The smallest absolute Gasteiger partial charge is 0.225 e. The highest BCUT2D eigenvalue weighted by atomic mass is 19.1. The Morgan fingerprint density at radius 1 is 1.22 bits per heavy atom. The van der Waals surface area contributed by atoms with Crippen molar-refractivity contribution in [1.29, 1.82) is 0 Å². The summed E-state index contributed by atoms with van der Waals surface area (Å²) < 4.78 is 29.8. The lowest BCUT2D eigenvalue weighted by Gasteiger charge is -2.31. The first-order chi connectivity index (χ1) is 15.6. The van der Waals surface area contributed by atoms with E-state index in [9.17, 15) is 14.0 Å². The van der Waals surface area contributed by atoms with Crippen LogP contribution in [0.15, 0.2) is 40.9 Å². The summed E-state index contributed by atoms with van der Waals surface area (Å²) in [6.07, 6.45) is 3.07. The minimum Gasteiger partial charge on any atom is -0.493 e. The second kappa shape index (κ2) is 9.91. The quantitative estimate of drug-likeness (QED) is 0.215. The molecular formula is C24H25FN2O5. The minimum atomic E-state index is -0.593. The molecule has 0 amide bonds. The van der Waals surface area contributed by atoms with Crippen molar-refractivity contribution in [2.45, 2.75) is 25.2 Å². The molecule has 0 bridgehead atoms. The maximum Gasteiger partial charge on any atom is 0.225 e. The first-order valence-electron chi connectivity index (χ1n) is 10.7. The van der Waals surface area contributed by atoms with Crippen LogP contribution < -0.4 is 9.47 Å². The molecule has 1 aliphatic rings. The Labute approximate surface area is 185 Å². The summed E-state index contributed by atoms with van der Waals surface area (Å²) in [5, 5.41) is 5.10. The molecule has 1 fully saturated rings. The summed E-state index contributed by atoms with van der Waals surface area (Å²) in [4.78, 5) is 24.6. The maximum absolute atomic E-state index is 13.4. The van der Waals surface area contributed by atoms with Crippen LogP contribution >= 0.6 is 0 Å². The number of fused-ring (bicyclic) bond motifs is 1. The molecule has 0 atom stereocenters. The van der Waals surface area contributed by atoms with Gasteiger partial charge in [0.15, 0.2) is 23.4 Å². The summed E-state index contributed by atoms with van der Waals surface area (Å²) in [7, 11) is 1.50. The monoisotopic (exact) mass is 440 g/mol. The Bertz CT molecular complexity index is 1100. The Hall–Kier alpha value is -3.26. The second-order valence-electron chi connectivity index (χ2n) is 7.87. The number of hydrogen-bond acceptors (Lipinski definition) is 7.